The highest BCUT2D eigenvalue weighted by molar-refractivity contribution is 9.10. The number of halogens is 2. The van der Waals surface area contributed by atoms with Gasteiger partial charge in [0.25, 0.3) is 0 Å². The van der Waals surface area contributed by atoms with Crippen molar-refractivity contribution in [1.82, 2.24) is 4.98 Å². The number of amides is 1. The van der Waals surface area contributed by atoms with Crippen molar-refractivity contribution in [3.05, 3.63) is 68.0 Å². The summed E-state index contributed by atoms with van der Waals surface area (Å²) in [4.78, 5) is 16.8. The Morgan fingerprint density at radius 1 is 1.21 bits per heavy atom. The van der Waals surface area contributed by atoms with Crippen molar-refractivity contribution in [3.63, 3.8) is 0 Å². The van der Waals surface area contributed by atoms with E-state index in [0.717, 1.165) is 36.5 Å². The molecule has 0 saturated carbocycles. The molecular weight excluding hydrogens is 452 g/mol. The molecule has 3 rings (SSSR count). The minimum atomic E-state index is -0.0781. The number of benzene rings is 2. The average Bonchev–Trinajstić information content (AvgIpc) is 2.98. The van der Waals surface area contributed by atoms with Gasteiger partial charge in [-0.05, 0) is 52.7 Å². The number of carbonyl (C=O) groups excluding carboxylic acids is 1. The SMILES string of the molecule is Cc1ccc(NC(=O)Cc2csc(-c3cccc(Br)c3)n2)c(Br)c1. The molecule has 24 heavy (non-hydrogen) atoms. The number of anilines is 1. The fourth-order valence-corrected chi connectivity index (χ4v) is 4.03. The molecule has 0 saturated heterocycles. The summed E-state index contributed by atoms with van der Waals surface area (Å²) >= 11 is 8.48. The number of nitrogens with one attached hydrogen (secondary N) is 1. The van der Waals surface area contributed by atoms with Crippen LogP contribution in [0.5, 0.6) is 0 Å². The summed E-state index contributed by atoms with van der Waals surface area (Å²) in [7, 11) is 0. The van der Waals surface area contributed by atoms with Crippen LogP contribution in [0.15, 0.2) is 56.8 Å². The molecule has 0 aliphatic carbocycles. The molecule has 1 N–H and O–H groups in total. The van der Waals surface area contributed by atoms with Gasteiger partial charge in [-0.25, -0.2) is 4.98 Å². The Morgan fingerprint density at radius 3 is 2.79 bits per heavy atom. The van der Waals surface area contributed by atoms with Crippen LogP contribution >= 0.6 is 43.2 Å². The zero-order valence-electron chi connectivity index (χ0n) is 12.8. The molecule has 0 bridgehead atoms. The molecule has 0 atom stereocenters. The van der Waals surface area contributed by atoms with Crippen LogP contribution in [0.25, 0.3) is 10.6 Å². The Hall–Kier alpha value is -1.50. The van der Waals surface area contributed by atoms with Crippen molar-refractivity contribution in [2.45, 2.75) is 13.3 Å². The van der Waals surface area contributed by atoms with E-state index in [2.05, 4.69) is 42.2 Å². The molecular formula is C18H14Br2N2OS. The quantitative estimate of drug-likeness (QED) is 0.527. The van der Waals surface area contributed by atoms with E-state index in [4.69, 9.17) is 0 Å². The third-order valence-electron chi connectivity index (χ3n) is 3.36. The van der Waals surface area contributed by atoms with Gasteiger partial charge >= 0.3 is 0 Å². The highest BCUT2D eigenvalue weighted by Gasteiger charge is 2.11. The van der Waals surface area contributed by atoms with Crippen molar-refractivity contribution in [3.8, 4) is 10.6 Å². The summed E-state index contributed by atoms with van der Waals surface area (Å²) in [6.45, 7) is 2.01. The molecule has 1 amide bonds. The summed E-state index contributed by atoms with van der Waals surface area (Å²) in [5.41, 5.74) is 3.73. The van der Waals surface area contributed by atoms with Gasteiger partial charge in [0.15, 0.2) is 0 Å². The lowest BCUT2D eigenvalue weighted by Crippen LogP contribution is -2.15. The second-order valence-corrected chi connectivity index (χ2v) is 7.99. The Labute approximate surface area is 161 Å². The molecule has 0 aliphatic rings. The van der Waals surface area contributed by atoms with Crippen LogP contribution in [0.2, 0.25) is 0 Å². The number of rotatable bonds is 4. The standard InChI is InChI=1S/C18H14Br2N2OS/c1-11-5-6-16(15(20)7-11)22-17(23)9-14-10-24-18(21-14)12-3-2-4-13(19)8-12/h2-8,10H,9H2,1H3,(H,22,23). The topological polar surface area (TPSA) is 42.0 Å². The third-order valence-corrected chi connectivity index (χ3v) is 5.45. The van der Waals surface area contributed by atoms with Crippen LogP contribution in [-0.4, -0.2) is 10.9 Å². The van der Waals surface area contributed by atoms with E-state index in [1.807, 2.05) is 54.8 Å². The number of carbonyl (C=O) groups is 1. The third kappa shape index (κ3) is 4.32. The summed E-state index contributed by atoms with van der Waals surface area (Å²) in [5.74, 6) is -0.0781. The molecule has 6 heteroatoms. The summed E-state index contributed by atoms with van der Waals surface area (Å²) in [6, 6.07) is 13.8. The van der Waals surface area contributed by atoms with E-state index in [1.54, 1.807) is 11.3 Å². The van der Waals surface area contributed by atoms with E-state index in [-0.39, 0.29) is 12.3 Å². The molecule has 0 aliphatic heterocycles. The van der Waals surface area contributed by atoms with Gasteiger partial charge in [0.05, 0.1) is 17.8 Å². The first-order chi connectivity index (χ1) is 11.5. The number of thiazole rings is 1. The first-order valence-electron chi connectivity index (χ1n) is 7.27. The second-order valence-electron chi connectivity index (χ2n) is 5.36. The number of aromatic nitrogens is 1. The van der Waals surface area contributed by atoms with Crippen molar-refractivity contribution < 1.29 is 4.79 Å². The van der Waals surface area contributed by atoms with Crippen LogP contribution in [0.4, 0.5) is 5.69 Å². The second kappa shape index (κ2) is 7.59. The molecule has 0 spiro atoms. The molecule has 3 aromatic rings. The first kappa shape index (κ1) is 17.3. The van der Waals surface area contributed by atoms with Crippen molar-refractivity contribution in [2.75, 3.05) is 5.32 Å². The monoisotopic (exact) mass is 464 g/mol. The maximum absolute atomic E-state index is 12.2. The normalized spacial score (nSPS) is 10.6. The lowest BCUT2D eigenvalue weighted by atomic mass is 10.2. The molecule has 122 valence electrons. The summed E-state index contributed by atoms with van der Waals surface area (Å²) in [5, 5.41) is 5.76. The van der Waals surface area contributed by atoms with E-state index in [0.29, 0.717) is 0 Å². The van der Waals surface area contributed by atoms with E-state index >= 15 is 0 Å². The Balaban J connectivity index is 1.69. The average molecular weight is 466 g/mol. The van der Waals surface area contributed by atoms with Crippen molar-refractivity contribution >= 4 is 54.8 Å². The lowest BCUT2D eigenvalue weighted by Gasteiger charge is -2.07. The summed E-state index contributed by atoms with van der Waals surface area (Å²) < 4.78 is 1.89. The number of hydrogen-bond acceptors (Lipinski definition) is 3. The van der Waals surface area contributed by atoms with Gasteiger partial charge in [0.2, 0.25) is 5.91 Å². The molecule has 1 heterocycles. The van der Waals surface area contributed by atoms with Gasteiger partial charge in [-0.15, -0.1) is 11.3 Å². The van der Waals surface area contributed by atoms with E-state index in [1.165, 1.54) is 0 Å². The van der Waals surface area contributed by atoms with Gasteiger partial charge in [-0.2, -0.15) is 0 Å². The molecule has 0 unspecified atom stereocenters. The molecule has 1 aromatic heterocycles. The molecule has 0 fully saturated rings. The van der Waals surface area contributed by atoms with Gasteiger partial charge in [0.1, 0.15) is 5.01 Å². The smallest absolute Gasteiger partial charge is 0.230 e. The first-order valence-corrected chi connectivity index (χ1v) is 9.74. The largest absolute Gasteiger partial charge is 0.325 e. The Bertz CT molecular complexity index is 892. The van der Waals surface area contributed by atoms with E-state index < -0.39 is 0 Å². The highest BCUT2D eigenvalue weighted by Crippen LogP contribution is 2.27. The van der Waals surface area contributed by atoms with Gasteiger partial charge in [0, 0.05) is 19.9 Å². The fraction of sp³-hybridized carbons (Fsp3) is 0.111. The van der Waals surface area contributed by atoms with Crippen LogP contribution < -0.4 is 5.32 Å². The van der Waals surface area contributed by atoms with Crippen LogP contribution in [0.3, 0.4) is 0 Å². The fourth-order valence-electron chi connectivity index (χ4n) is 2.22. The van der Waals surface area contributed by atoms with Crippen molar-refractivity contribution in [1.29, 1.82) is 0 Å². The predicted octanol–water partition coefficient (Wildman–Crippen LogP) is 5.82. The van der Waals surface area contributed by atoms with Crippen molar-refractivity contribution in [2.24, 2.45) is 0 Å². The minimum absolute atomic E-state index is 0.0781. The zero-order chi connectivity index (χ0) is 17.1. The maximum Gasteiger partial charge on any atom is 0.230 e. The number of hydrogen-bond donors (Lipinski definition) is 1. The minimum Gasteiger partial charge on any atom is -0.325 e. The molecule has 2 aromatic carbocycles. The number of nitrogens with zero attached hydrogens (tertiary/aromatic N) is 1. The lowest BCUT2D eigenvalue weighted by molar-refractivity contribution is -0.115. The van der Waals surface area contributed by atoms with Gasteiger partial charge in [-0.3, -0.25) is 4.79 Å². The number of aryl methyl sites for hydroxylation is 1. The van der Waals surface area contributed by atoms with E-state index in [9.17, 15) is 4.79 Å². The summed E-state index contributed by atoms with van der Waals surface area (Å²) in [6.07, 6.45) is 0.255. The zero-order valence-corrected chi connectivity index (χ0v) is 16.8. The maximum atomic E-state index is 12.2. The Morgan fingerprint density at radius 2 is 2.04 bits per heavy atom. The van der Waals surface area contributed by atoms with Gasteiger partial charge < -0.3 is 5.32 Å². The van der Waals surface area contributed by atoms with Crippen LogP contribution in [0, 0.1) is 6.92 Å². The Kier molecular flexibility index (Phi) is 5.48. The highest BCUT2D eigenvalue weighted by atomic mass is 79.9. The molecule has 0 radical (unpaired) electrons. The predicted molar refractivity (Wildman–Crippen MR) is 106 cm³/mol. The van der Waals surface area contributed by atoms with Gasteiger partial charge in [-0.1, -0.05) is 34.1 Å². The van der Waals surface area contributed by atoms with Crippen LogP contribution in [0.1, 0.15) is 11.3 Å². The van der Waals surface area contributed by atoms with Crippen LogP contribution in [-0.2, 0) is 11.2 Å². The molecule has 3 nitrogen and oxygen atoms in total.